The van der Waals surface area contributed by atoms with Gasteiger partial charge in [0.1, 0.15) is 41.5 Å². The summed E-state index contributed by atoms with van der Waals surface area (Å²) >= 11 is 0. The molecule has 65 heavy (non-hydrogen) atoms. The van der Waals surface area contributed by atoms with Crippen molar-refractivity contribution in [2.75, 3.05) is 6.61 Å². The molecule has 6 aliphatic rings. The van der Waals surface area contributed by atoms with Gasteiger partial charge in [0.25, 0.3) is 0 Å². The third-order valence-electron chi connectivity index (χ3n) is 13.5. The van der Waals surface area contributed by atoms with E-state index in [1.54, 1.807) is 20.8 Å². The molecule has 9 rings (SSSR count). The number of aliphatic hydroxyl groups excluding tert-OH is 2. The van der Waals surface area contributed by atoms with Gasteiger partial charge in [0.2, 0.25) is 17.6 Å². The highest BCUT2D eigenvalue weighted by atomic mass is 16.8. The Labute approximate surface area is 378 Å². The van der Waals surface area contributed by atoms with Crippen molar-refractivity contribution in [2.45, 2.75) is 145 Å². The number of amides is 2. The zero-order valence-electron chi connectivity index (χ0n) is 37.2. The summed E-state index contributed by atoms with van der Waals surface area (Å²) < 4.78 is 31.4. The molecule has 4 heterocycles. The quantitative estimate of drug-likeness (QED) is 0.125. The number of benzene rings is 3. The zero-order chi connectivity index (χ0) is 45.7. The van der Waals surface area contributed by atoms with Gasteiger partial charge in [0.15, 0.2) is 6.04 Å². The third-order valence-corrected chi connectivity index (χ3v) is 13.5. The van der Waals surface area contributed by atoms with Crippen LogP contribution in [0.4, 0.5) is 0 Å². The summed E-state index contributed by atoms with van der Waals surface area (Å²) in [4.78, 5) is 63.0. The monoisotopic (exact) mass is 893 g/mol. The Morgan fingerprint density at radius 3 is 2.22 bits per heavy atom. The lowest BCUT2D eigenvalue weighted by molar-refractivity contribution is -0.213. The van der Waals surface area contributed by atoms with Crippen molar-refractivity contribution in [3.05, 3.63) is 113 Å². The minimum atomic E-state index is -1.69. The van der Waals surface area contributed by atoms with Gasteiger partial charge in [0.05, 0.1) is 37.5 Å². The van der Waals surface area contributed by atoms with Gasteiger partial charge in [-0.15, -0.1) is 0 Å². The number of fused-ring (bicyclic) bond motifs is 5. The molecular weight excluding hydrogens is 835 g/mol. The Bertz CT molecular complexity index is 2210. The van der Waals surface area contributed by atoms with E-state index in [9.17, 15) is 24.6 Å². The van der Waals surface area contributed by atoms with Crippen LogP contribution >= 0.6 is 0 Å². The van der Waals surface area contributed by atoms with Gasteiger partial charge in [-0.25, -0.2) is 0 Å². The molecule has 4 saturated heterocycles. The number of hydrogen-bond donors (Lipinski definition) is 4. The minimum absolute atomic E-state index is 0.0402. The molecule has 2 aliphatic carbocycles. The first-order chi connectivity index (χ1) is 31.2. The molecule has 2 saturated carbocycles. The molecule has 6 fully saturated rings. The lowest BCUT2D eigenvalue weighted by atomic mass is 9.62. The van der Waals surface area contributed by atoms with Gasteiger partial charge >= 0.3 is 11.9 Å². The first-order valence-electron chi connectivity index (χ1n) is 22.8. The molecule has 0 aromatic heterocycles. The first kappa shape index (κ1) is 45.2. The van der Waals surface area contributed by atoms with Crippen LogP contribution < -0.4 is 10.6 Å². The van der Waals surface area contributed by atoms with Crippen molar-refractivity contribution >= 4 is 29.8 Å². The molecule has 2 bridgehead atoms. The maximum absolute atomic E-state index is 15.3. The van der Waals surface area contributed by atoms with Crippen molar-refractivity contribution in [2.24, 2.45) is 11.3 Å². The number of ether oxygens (including phenoxy) is 5. The van der Waals surface area contributed by atoms with Crippen LogP contribution in [0.2, 0.25) is 0 Å². The number of esters is 2. The van der Waals surface area contributed by atoms with E-state index in [-0.39, 0.29) is 25.8 Å². The summed E-state index contributed by atoms with van der Waals surface area (Å²) in [6.07, 6.45) is 3.01. The van der Waals surface area contributed by atoms with E-state index >= 15 is 4.79 Å². The molecule has 15 nitrogen and oxygen atoms in total. The fraction of sp³-hybridized carbons (Fsp3) is 0.520. The molecule has 15 heteroatoms. The number of hydroxylamine groups is 2. The number of carbonyl (C=O) groups is 4. The Morgan fingerprint density at radius 2 is 1.58 bits per heavy atom. The predicted octanol–water partition coefficient (Wildman–Crippen LogP) is 4.22. The van der Waals surface area contributed by atoms with Crippen molar-refractivity contribution < 1.29 is 57.9 Å². The second-order valence-corrected chi connectivity index (χ2v) is 19.3. The van der Waals surface area contributed by atoms with Gasteiger partial charge in [-0.2, -0.15) is 5.06 Å². The van der Waals surface area contributed by atoms with Crippen LogP contribution in [0.5, 0.6) is 0 Å². The van der Waals surface area contributed by atoms with Crippen LogP contribution in [-0.4, -0.2) is 112 Å². The highest BCUT2D eigenvalue weighted by molar-refractivity contribution is 5.96. The molecule has 0 spiro atoms. The molecule has 3 aromatic carbocycles. The number of nitrogens with one attached hydrogen (secondary N) is 2. The molecule has 4 N–H and O–H groups in total. The summed E-state index contributed by atoms with van der Waals surface area (Å²) in [5, 5.41) is 28.2. The molecule has 0 radical (unpaired) electrons. The first-order valence-corrected chi connectivity index (χ1v) is 22.8. The second kappa shape index (κ2) is 18.0. The third kappa shape index (κ3) is 8.99. The van der Waals surface area contributed by atoms with Gasteiger partial charge < -0.3 is 44.5 Å². The summed E-state index contributed by atoms with van der Waals surface area (Å²) in [5.41, 5.74) is 0.791. The van der Waals surface area contributed by atoms with Crippen LogP contribution in [0.3, 0.4) is 0 Å². The number of carbonyl (C=O) groups excluding carboxylic acids is 4. The molecule has 4 aliphatic heterocycles. The number of hydrogen-bond acceptors (Lipinski definition) is 13. The highest BCUT2D eigenvalue weighted by Crippen LogP contribution is 2.59. The zero-order valence-corrected chi connectivity index (χ0v) is 37.2. The number of rotatable bonds is 15. The minimum Gasteiger partial charge on any atom is -0.460 e. The van der Waals surface area contributed by atoms with E-state index in [1.165, 1.54) is 12.0 Å². The van der Waals surface area contributed by atoms with Gasteiger partial charge in [-0.1, -0.05) is 97.1 Å². The smallest absolute Gasteiger partial charge is 0.327 e. The van der Waals surface area contributed by atoms with Crippen molar-refractivity contribution in [1.29, 1.82) is 0 Å². The van der Waals surface area contributed by atoms with Gasteiger partial charge in [-0.05, 0) is 70.4 Å². The fourth-order valence-electron chi connectivity index (χ4n) is 10.3. The summed E-state index contributed by atoms with van der Waals surface area (Å²) in [5.74, 6) is -3.73. The molecular formula is C50H59N3O12. The highest BCUT2D eigenvalue weighted by Gasteiger charge is 2.76. The Balaban J connectivity index is 1.01. The Morgan fingerprint density at radius 1 is 0.908 bits per heavy atom. The summed E-state index contributed by atoms with van der Waals surface area (Å²) in [6, 6.07) is 23.0. The Hall–Kier alpha value is -5.00. The Kier molecular flexibility index (Phi) is 12.5. The number of epoxide rings is 1. The largest absolute Gasteiger partial charge is 0.460 e. The lowest BCUT2D eigenvalue weighted by Gasteiger charge is -2.49. The molecule has 2 amide bonds. The van der Waals surface area contributed by atoms with Crippen LogP contribution in [0.25, 0.3) is 6.08 Å². The molecule has 346 valence electrons. The van der Waals surface area contributed by atoms with Gasteiger partial charge in [0, 0.05) is 24.0 Å². The predicted molar refractivity (Wildman–Crippen MR) is 234 cm³/mol. The van der Waals surface area contributed by atoms with Crippen LogP contribution in [0, 0.1) is 11.3 Å². The number of nitrogens with zero attached hydrogens (tertiary/aromatic N) is 1. The second-order valence-electron chi connectivity index (χ2n) is 19.3. The van der Waals surface area contributed by atoms with E-state index in [2.05, 4.69) is 22.8 Å². The maximum Gasteiger partial charge on any atom is 0.327 e. The van der Waals surface area contributed by atoms with E-state index in [4.69, 9.17) is 28.5 Å². The standard InChI is InChI=1S/C50H59N3O12/c1-29(55)40(45(57)51-35(28-54)22-24-39(56)62-48(2,3)4)52-47(59)49-26-38-41-42(64-50(63-41,33-11-7-5-8-12-33)34-13-9-6-10-14-34)44(49)65-53(43(49)46(58)61-38)27-32-19-16-30(17-20-32)15-18-31-21-23-36-37(25-31)60-36/h5-20,29,31,35-38,40-44,54-55H,21-28H2,1-4H3,(H,51,57)(H,52,59). The lowest BCUT2D eigenvalue weighted by Crippen LogP contribution is -2.71. The summed E-state index contributed by atoms with van der Waals surface area (Å²) in [7, 11) is 0. The average Bonchev–Trinajstić information content (AvgIpc) is 3.81. The van der Waals surface area contributed by atoms with Crippen LogP contribution in [0.15, 0.2) is 91.0 Å². The molecule has 12 unspecified atom stereocenters. The normalized spacial score (nSPS) is 31.2. The topological polar surface area (TPSA) is 195 Å². The van der Waals surface area contributed by atoms with E-state index < -0.39 is 95.8 Å². The average molecular weight is 894 g/mol. The number of allylic oxidation sites excluding steroid dienone is 1. The molecule has 12 atom stereocenters. The van der Waals surface area contributed by atoms with Crippen LogP contribution in [-0.2, 0) is 60.0 Å². The summed E-state index contributed by atoms with van der Waals surface area (Å²) in [6.45, 7) is 6.16. The van der Waals surface area contributed by atoms with Crippen molar-refractivity contribution in [3.63, 3.8) is 0 Å². The van der Waals surface area contributed by atoms with Gasteiger partial charge in [-0.3, -0.25) is 24.0 Å². The fourth-order valence-corrected chi connectivity index (χ4v) is 10.3. The van der Waals surface area contributed by atoms with E-state index in [0.717, 1.165) is 30.4 Å². The van der Waals surface area contributed by atoms with Crippen molar-refractivity contribution in [3.8, 4) is 0 Å². The number of aliphatic hydroxyl groups is 2. The van der Waals surface area contributed by atoms with Crippen LogP contribution in [0.1, 0.15) is 88.5 Å². The van der Waals surface area contributed by atoms with E-state index in [0.29, 0.717) is 29.3 Å². The van der Waals surface area contributed by atoms with E-state index in [1.807, 2.05) is 84.9 Å². The maximum atomic E-state index is 15.3. The SMILES string of the molecule is CC(O)C(NC(=O)C12CC3OC(=O)C1N(Cc1ccc(C=CC4CCC5OC5C4)cc1)OC2C1OC(c2ccccc2)(c2ccccc2)OC31)C(=O)NC(CO)CCC(=O)OC(C)(C)C. The van der Waals surface area contributed by atoms with Crippen molar-refractivity contribution in [1.82, 2.24) is 15.7 Å². The molecule has 3 aromatic rings.